The van der Waals surface area contributed by atoms with Crippen molar-refractivity contribution < 1.29 is 9.47 Å². The number of rotatable bonds is 3. The second kappa shape index (κ2) is 9.33. The van der Waals surface area contributed by atoms with Crippen LogP contribution in [0.25, 0.3) is 32.7 Å². The monoisotopic (exact) mass is 450 g/mol. The summed E-state index contributed by atoms with van der Waals surface area (Å²) in [6.45, 7) is 3.76. The summed E-state index contributed by atoms with van der Waals surface area (Å²) in [5, 5.41) is 4.90. The van der Waals surface area contributed by atoms with E-state index in [0.29, 0.717) is 11.8 Å². The molecule has 0 N–H and O–H groups in total. The molecule has 1 fully saturated rings. The zero-order chi connectivity index (χ0) is 22.9. The van der Waals surface area contributed by atoms with Crippen LogP contribution in [0.4, 0.5) is 0 Å². The van der Waals surface area contributed by atoms with Crippen molar-refractivity contribution in [2.45, 2.75) is 45.4 Å². The van der Waals surface area contributed by atoms with Crippen LogP contribution in [-0.2, 0) is 0 Å². The van der Waals surface area contributed by atoms with Crippen molar-refractivity contribution in [1.29, 1.82) is 0 Å². The van der Waals surface area contributed by atoms with E-state index in [2.05, 4.69) is 79.7 Å². The molecule has 0 saturated heterocycles. The number of hydrogen-bond donors (Lipinski definition) is 0. The second-order valence-corrected chi connectivity index (χ2v) is 10.3. The van der Waals surface area contributed by atoms with Crippen molar-refractivity contribution in [3.05, 3.63) is 72.8 Å². The quantitative estimate of drug-likeness (QED) is 0.311. The lowest BCUT2D eigenvalue weighted by atomic mass is 9.75. The molecule has 4 aromatic carbocycles. The first-order chi connectivity index (χ1) is 16.8. The first-order valence-electron chi connectivity index (χ1n) is 13.1. The summed E-state index contributed by atoms with van der Waals surface area (Å²) in [6.07, 6.45) is 8.01. The molecule has 0 unspecified atom stereocenters. The van der Waals surface area contributed by atoms with E-state index in [4.69, 9.17) is 9.47 Å². The van der Waals surface area contributed by atoms with Crippen molar-refractivity contribution in [2.75, 3.05) is 13.2 Å². The molecule has 174 valence electrons. The van der Waals surface area contributed by atoms with E-state index in [-0.39, 0.29) is 0 Å². The van der Waals surface area contributed by atoms with Gasteiger partial charge in [0.05, 0.1) is 13.2 Å². The van der Waals surface area contributed by atoms with Gasteiger partial charge in [0.15, 0.2) is 0 Å². The van der Waals surface area contributed by atoms with Crippen LogP contribution in [0.2, 0.25) is 0 Å². The largest absolute Gasteiger partial charge is 0.492 e. The molecule has 1 aliphatic carbocycles. The Balaban J connectivity index is 1.44. The van der Waals surface area contributed by atoms with Gasteiger partial charge in [-0.05, 0) is 58.4 Å². The van der Waals surface area contributed by atoms with Crippen molar-refractivity contribution >= 4 is 21.5 Å². The summed E-state index contributed by atoms with van der Waals surface area (Å²) < 4.78 is 13.4. The molecule has 6 rings (SSSR count). The van der Waals surface area contributed by atoms with Crippen LogP contribution in [0, 0.1) is 17.8 Å². The number of fused-ring (bicyclic) bond motifs is 7. The number of hydrogen-bond acceptors (Lipinski definition) is 2. The normalized spacial score (nSPS) is 21.0. The molecule has 1 aliphatic heterocycles. The van der Waals surface area contributed by atoms with Crippen LogP contribution in [-0.4, -0.2) is 13.2 Å². The van der Waals surface area contributed by atoms with Gasteiger partial charge in [-0.15, -0.1) is 0 Å². The third-order valence-electron chi connectivity index (χ3n) is 8.19. The van der Waals surface area contributed by atoms with E-state index in [1.807, 2.05) is 0 Å². The molecule has 2 heteroatoms. The average Bonchev–Trinajstić information content (AvgIpc) is 2.97. The highest BCUT2D eigenvalue weighted by Crippen LogP contribution is 2.47. The third-order valence-corrected chi connectivity index (χ3v) is 8.19. The highest BCUT2D eigenvalue weighted by Gasteiger charge is 2.30. The van der Waals surface area contributed by atoms with Gasteiger partial charge in [-0.3, -0.25) is 0 Å². The molecule has 34 heavy (non-hydrogen) atoms. The van der Waals surface area contributed by atoms with Gasteiger partial charge in [0.2, 0.25) is 0 Å². The van der Waals surface area contributed by atoms with Crippen molar-refractivity contribution in [3.63, 3.8) is 0 Å². The average molecular weight is 451 g/mol. The highest BCUT2D eigenvalue weighted by atomic mass is 16.5. The van der Waals surface area contributed by atoms with Gasteiger partial charge in [-0.2, -0.15) is 0 Å². The van der Waals surface area contributed by atoms with E-state index in [9.17, 15) is 0 Å². The summed E-state index contributed by atoms with van der Waals surface area (Å²) in [5.41, 5.74) is 2.33. The Morgan fingerprint density at radius 2 is 1.15 bits per heavy atom. The van der Waals surface area contributed by atoms with Gasteiger partial charge in [0, 0.05) is 17.0 Å². The van der Waals surface area contributed by atoms with E-state index >= 15 is 0 Å². The van der Waals surface area contributed by atoms with Crippen LogP contribution < -0.4 is 9.47 Å². The molecule has 0 radical (unpaired) electrons. The minimum atomic E-state index is 0.416. The Labute approximate surface area is 202 Å². The first kappa shape index (κ1) is 21.5. The first-order valence-corrected chi connectivity index (χ1v) is 13.1. The van der Waals surface area contributed by atoms with Gasteiger partial charge < -0.3 is 9.47 Å². The molecule has 1 heterocycles. The SMILES string of the molecule is CCC[C@H]1CC[C@@H](C2COc3ccc4ccccc4c3-c3c(ccc4ccccc34)OC2)CC1. The molecule has 0 atom stereocenters. The summed E-state index contributed by atoms with van der Waals surface area (Å²) in [7, 11) is 0. The minimum absolute atomic E-state index is 0.416. The highest BCUT2D eigenvalue weighted by molar-refractivity contribution is 6.09. The van der Waals surface area contributed by atoms with E-state index in [1.165, 1.54) is 60.1 Å². The maximum atomic E-state index is 6.68. The molecule has 0 spiro atoms. The topological polar surface area (TPSA) is 18.5 Å². The summed E-state index contributed by atoms with van der Waals surface area (Å²) in [5.74, 6) is 3.97. The Bertz CT molecular complexity index is 1210. The van der Waals surface area contributed by atoms with Crippen LogP contribution in [0.3, 0.4) is 0 Å². The van der Waals surface area contributed by atoms with Gasteiger partial charge in [-0.25, -0.2) is 0 Å². The Kier molecular flexibility index (Phi) is 5.91. The zero-order valence-electron chi connectivity index (χ0n) is 20.1. The Morgan fingerprint density at radius 3 is 1.68 bits per heavy atom. The fourth-order valence-corrected chi connectivity index (χ4v) is 6.33. The molecule has 0 aromatic heterocycles. The lowest BCUT2D eigenvalue weighted by Gasteiger charge is -2.33. The fourth-order valence-electron chi connectivity index (χ4n) is 6.33. The van der Waals surface area contributed by atoms with Gasteiger partial charge in [0.1, 0.15) is 11.5 Å². The lowest BCUT2D eigenvalue weighted by molar-refractivity contribution is 0.0983. The summed E-state index contributed by atoms with van der Waals surface area (Å²) in [6, 6.07) is 26.0. The van der Waals surface area contributed by atoms with Crippen LogP contribution in [0.15, 0.2) is 72.8 Å². The van der Waals surface area contributed by atoms with Crippen molar-refractivity contribution in [1.82, 2.24) is 0 Å². The fraction of sp³-hybridized carbons (Fsp3) is 0.375. The van der Waals surface area contributed by atoms with Crippen molar-refractivity contribution in [2.24, 2.45) is 17.8 Å². The smallest absolute Gasteiger partial charge is 0.127 e. The van der Waals surface area contributed by atoms with Crippen LogP contribution >= 0.6 is 0 Å². The lowest BCUT2D eigenvalue weighted by Crippen LogP contribution is -2.30. The predicted molar refractivity (Wildman–Crippen MR) is 142 cm³/mol. The molecule has 0 bridgehead atoms. The van der Waals surface area contributed by atoms with Gasteiger partial charge >= 0.3 is 0 Å². The molecule has 2 aliphatic rings. The predicted octanol–water partition coefficient (Wildman–Crippen LogP) is 8.65. The molecule has 2 nitrogen and oxygen atoms in total. The maximum Gasteiger partial charge on any atom is 0.127 e. The van der Waals surface area contributed by atoms with Crippen LogP contribution in [0.1, 0.15) is 45.4 Å². The molecular formula is C32H34O2. The standard InChI is InChI=1S/C32H34O2/c1-2-7-22-12-14-23(15-13-22)26-20-33-29-18-16-24-8-3-5-10-27(24)31(29)32-28-11-6-4-9-25(28)17-19-30(32)34-21-26/h3-6,8-11,16-19,22-23,26H,2,7,12-15,20-21H2,1H3/t22-,23+. The molecule has 0 amide bonds. The molecular weight excluding hydrogens is 416 g/mol. The maximum absolute atomic E-state index is 6.68. The minimum Gasteiger partial charge on any atom is -0.492 e. The molecule has 1 saturated carbocycles. The second-order valence-electron chi connectivity index (χ2n) is 10.3. The van der Waals surface area contributed by atoms with Crippen molar-refractivity contribution in [3.8, 4) is 22.6 Å². The van der Waals surface area contributed by atoms with Gasteiger partial charge in [0.25, 0.3) is 0 Å². The van der Waals surface area contributed by atoms with E-state index < -0.39 is 0 Å². The summed E-state index contributed by atoms with van der Waals surface area (Å²) >= 11 is 0. The number of benzene rings is 4. The van der Waals surface area contributed by atoms with E-state index in [1.54, 1.807) is 0 Å². The zero-order valence-corrected chi connectivity index (χ0v) is 20.1. The van der Waals surface area contributed by atoms with Gasteiger partial charge in [-0.1, -0.05) is 93.3 Å². The summed E-state index contributed by atoms with van der Waals surface area (Å²) in [4.78, 5) is 0. The van der Waals surface area contributed by atoms with E-state index in [0.717, 1.165) is 41.8 Å². The molecule has 4 aromatic rings. The Hall–Kier alpha value is -3.00. The Morgan fingerprint density at radius 1 is 0.618 bits per heavy atom. The third kappa shape index (κ3) is 3.94. The van der Waals surface area contributed by atoms with Crippen LogP contribution in [0.5, 0.6) is 11.5 Å². The number of ether oxygens (including phenoxy) is 2.